The monoisotopic (exact) mass is 460 g/mol. The lowest BCUT2D eigenvalue weighted by Crippen LogP contribution is -2.48. The van der Waals surface area contributed by atoms with Gasteiger partial charge in [-0.15, -0.1) is 0 Å². The van der Waals surface area contributed by atoms with E-state index in [1.165, 1.54) is 17.8 Å². The van der Waals surface area contributed by atoms with Crippen molar-refractivity contribution in [2.24, 2.45) is 4.99 Å². The number of H-pyrrole nitrogens is 1. The Balaban J connectivity index is 1.28. The number of thioether (sulfide) groups is 1. The highest BCUT2D eigenvalue weighted by Crippen LogP contribution is 2.34. The third-order valence-corrected chi connectivity index (χ3v) is 6.64. The van der Waals surface area contributed by atoms with Crippen LogP contribution in [0.15, 0.2) is 70.7 Å². The molecule has 166 valence electrons. The Hall–Kier alpha value is -3.92. The largest absolute Gasteiger partial charge is 0.362 e. The maximum absolute atomic E-state index is 12.6. The number of aliphatic imine (C=N–C) groups is 1. The summed E-state index contributed by atoms with van der Waals surface area (Å²) < 4.78 is 0. The second-order valence-corrected chi connectivity index (χ2v) is 8.61. The molecular weight excluding hydrogens is 440 g/mol. The molecule has 5 rings (SSSR count). The number of amides is 1. The fraction of sp³-hybridized carbons (Fsp3) is 0.174. The van der Waals surface area contributed by atoms with Crippen LogP contribution >= 0.6 is 11.8 Å². The molecule has 0 bridgehead atoms. The molecule has 3 heterocycles. The van der Waals surface area contributed by atoms with Crippen molar-refractivity contribution >= 4 is 40.3 Å². The quantitative estimate of drug-likeness (QED) is 0.359. The van der Waals surface area contributed by atoms with Crippen LogP contribution in [0.3, 0.4) is 0 Å². The maximum Gasteiger partial charge on any atom is 0.292 e. The number of carbonyl (C=O) groups excluding carboxylic acids is 1. The zero-order chi connectivity index (χ0) is 22.8. The predicted molar refractivity (Wildman–Crippen MR) is 129 cm³/mol. The molecular formula is C23H20N6O3S. The maximum atomic E-state index is 12.6. The highest BCUT2D eigenvalue weighted by atomic mass is 32.2. The van der Waals surface area contributed by atoms with E-state index < -0.39 is 0 Å². The number of aromatic amines is 1. The first-order valence-corrected chi connectivity index (χ1v) is 11.3. The number of amidine groups is 1. The number of carbonyl (C=O) groups is 1. The van der Waals surface area contributed by atoms with Gasteiger partial charge >= 0.3 is 0 Å². The van der Waals surface area contributed by atoms with Crippen molar-refractivity contribution in [2.75, 3.05) is 31.1 Å². The molecule has 0 saturated carbocycles. The van der Waals surface area contributed by atoms with Gasteiger partial charge in [-0.3, -0.25) is 20.0 Å². The first-order valence-electron chi connectivity index (χ1n) is 10.4. The summed E-state index contributed by atoms with van der Waals surface area (Å²) in [6, 6.07) is 16.6. The van der Waals surface area contributed by atoms with Gasteiger partial charge in [0.15, 0.2) is 5.17 Å². The molecule has 0 atom stereocenters. The first-order chi connectivity index (χ1) is 16.1. The van der Waals surface area contributed by atoms with Crippen LogP contribution in [0.4, 0.5) is 11.4 Å². The van der Waals surface area contributed by atoms with Crippen LogP contribution in [-0.2, 0) is 4.79 Å². The van der Waals surface area contributed by atoms with E-state index in [9.17, 15) is 14.9 Å². The summed E-state index contributed by atoms with van der Waals surface area (Å²) in [5.74, 6) is -0.267. The topological polar surface area (TPSA) is 108 Å². The molecule has 1 fully saturated rings. The average molecular weight is 461 g/mol. The van der Waals surface area contributed by atoms with E-state index in [2.05, 4.69) is 20.1 Å². The van der Waals surface area contributed by atoms with Crippen LogP contribution in [-0.4, -0.2) is 57.3 Å². The van der Waals surface area contributed by atoms with Gasteiger partial charge < -0.3 is 9.80 Å². The Bertz CT molecular complexity index is 1260. The fourth-order valence-corrected chi connectivity index (χ4v) is 4.90. The summed E-state index contributed by atoms with van der Waals surface area (Å²) in [4.78, 5) is 32.5. The zero-order valence-electron chi connectivity index (χ0n) is 17.5. The van der Waals surface area contributed by atoms with E-state index in [0.29, 0.717) is 41.9 Å². The Morgan fingerprint density at radius 3 is 2.45 bits per heavy atom. The molecule has 33 heavy (non-hydrogen) atoms. The lowest BCUT2D eigenvalue weighted by Gasteiger charge is -2.36. The van der Waals surface area contributed by atoms with E-state index in [0.717, 1.165) is 16.8 Å². The van der Waals surface area contributed by atoms with Crippen LogP contribution in [0, 0.1) is 10.1 Å². The molecule has 0 radical (unpaired) electrons. The van der Waals surface area contributed by atoms with Crippen LogP contribution < -0.4 is 4.90 Å². The van der Waals surface area contributed by atoms with Gasteiger partial charge in [0.05, 0.1) is 21.7 Å². The van der Waals surface area contributed by atoms with E-state index in [-0.39, 0.29) is 16.5 Å². The normalized spacial score (nSPS) is 17.5. The van der Waals surface area contributed by atoms with Gasteiger partial charge in [-0.25, -0.2) is 0 Å². The minimum Gasteiger partial charge on any atom is -0.362 e. The van der Waals surface area contributed by atoms with Crippen LogP contribution in [0.5, 0.6) is 0 Å². The molecule has 2 aliphatic rings. The van der Waals surface area contributed by atoms with Crippen LogP contribution in [0.1, 0.15) is 5.56 Å². The molecule has 1 aromatic heterocycles. The fourth-order valence-electron chi connectivity index (χ4n) is 3.94. The molecule has 2 aliphatic heterocycles. The summed E-state index contributed by atoms with van der Waals surface area (Å²) in [7, 11) is 0. The van der Waals surface area contributed by atoms with Crippen molar-refractivity contribution < 1.29 is 9.72 Å². The highest BCUT2D eigenvalue weighted by Gasteiger charge is 2.30. The van der Waals surface area contributed by atoms with E-state index in [1.807, 2.05) is 41.3 Å². The molecule has 10 heteroatoms. The Morgan fingerprint density at radius 1 is 1.00 bits per heavy atom. The minimum atomic E-state index is -0.353. The minimum absolute atomic E-state index is 0.105. The highest BCUT2D eigenvalue weighted by molar-refractivity contribution is 8.18. The third-order valence-electron chi connectivity index (χ3n) is 5.60. The van der Waals surface area contributed by atoms with Gasteiger partial charge in [0.2, 0.25) is 0 Å². The number of nitro groups is 1. The summed E-state index contributed by atoms with van der Waals surface area (Å²) >= 11 is 1.35. The molecule has 9 nitrogen and oxygen atoms in total. The Morgan fingerprint density at radius 2 is 1.70 bits per heavy atom. The second-order valence-electron chi connectivity index (χ2n) is 7.60. The van der Waals surface area contributed by atoms with E-state index in [1.54, 1.807) is 24.4 Å². The number of rotatable bonds is 4. The Kier molecular flexibility index (Phi) is 5.66. The number of aromatic nitrogens is 2. The zero-order valence-corrected chi connectivity index (χ0v) is 18.4. The number of nitro benzene ring substituents is 1. The average Bonchev–Trinajstić information content (AvgIpc) is 3.46. The van der Waals surface area contributed by atoms with Crippen molar-refractivity contribution in [3.05, 3.63) is 81.4 Å². The standard InChI is InChI=1S/C23H20N6O3S/c30-22-20(14-17-15-24-26-21(17)16-6-2-1-3-7-16)33-23(25-22)28-12-10-27(11-13-28)18-8-4-5-9-19(18)29(31)32/h1-9,14-15H,10-13H2,(H,24,26). The molecule has 1 N–H and O–H groups in total. The predicted octanol–water partition coefficient (Wildman–Crippen LogP) is 3.78. The molecule has 0 aliphatic carbocycles. The number of nitrogens with one attached hydrogen (secondary N) is 1. The molecule has 3 aromatic rings. The number of piperazine rings is 1. The lowest BCUT2D eigenvalue weighted by atomic mass is 10.1. The number of hydrogen-bond acceptors (Lipinski definition) is 7. The summed E-state index contributed by atoms with van der Waals surface area (Å²) in [6.45, 7) is 2.47. The van der Waals surface area contributed by atoms with Crippen molar-refractivity contribution in [3.63, 3.8) is 0 Å². The number of hydrogen-bond donors (Lipinski definition) is 1. The summed E-state index contributed by atoms with van der Waals surface area (Å²) in [5, 5.41) is 19.2. The van der Waals surface area contributed by atoms with Gasteiger partial charge in [-0.05, 0) is 23.9 Å². The summed E-state index contributed by atoms with van der Waals surface area (Å²) in [5.41, 5.74) is 3.39. The molecule has 1 amide bonds. The number of nitrogens with zero attached hydrogens (tertiary/aromatic N) is 5. The van der Waals surface area contributed by atoms with Gasteiger partial charge in [-0.1, -0.05) is 42.5 Å². The van der Waals surface area contributed by atoms with Crippen molar-refractivity contribution in [2.45, 2.75) is 0 Å². The molecule has 0 unspecified atom stereocenters. The summed E-state index contributed by atoms with van der Waals surface area (Å²) in [6.07, 6.45) is 3.52. The number of anilines is 1. The number of para-hydroxylation sites is 2. The van der Waals surface area contributed by atoms with Gasteiger partial charge in [0.25, 0.3) is 11.6 Å². The third kappa shape index (κ3) is 4.24. The number of benzene rings is 2. The van der Waals surface area contributed by atoms with Crippen molar-refractivity contribution in [3.8, 4) is 11.3 Å². The first kappa shape index (κ1) is 21.0. The van der Waals surface area contributed by atoms with E-state index in [4.69, 9.17) is 0 Å². The molecule has 0 spiro atoms. The lowest BCUT2D eigenvalue weighted by molar-refractivity contribution is -0.384. The smallest absolute Gasteiger partial charge is 0.292 e. The van der Waals surface area contributed by atoms with Gasteiger partial charge in [-0.2, -0.15) is 10.1 Å². The van der Waals surface area contributed by atoms with Crippen LogP contribution in [0.2, 0.25) is 0 Å². The molecule has 1 saturated heterocycles. The van der Waals surface area contributed by atoms with Gasteiger partial charge in [0.1, 0.15) is 5.69 Å². The molecule has 2 aromatic carbocycles. The van der Waals surface area contributed by atoms with Crippen molar-refractivity contribution in [1.29, 1.82) is 0 Å². The second kappa shape index (κ2) is 8.91. The van der Waals surface area contributed by atoms with Crippen LogP contribution in [0.25, 0.3) is 17.3 Å². The van der Waals surface area contributed by atoms with Crippen molar-refractivity contribution in [1.82, 2.24) is 15.1 Å². The van der Waals surface area contributed by atoms with Gasteiger partial charge in [0, 0.05) is 43.4 Å². The van der Waals surface area contributed by atoms with E-state index >= 15 is 0 Å². The Labute approximate surface area is 194 Å². The SMILES string of the molecule is O=C1N=C(N2CCN(c3ccccc3[N+](=O)[O-])CC2)SC1=Cc1cn[nH]c1-c1ccccc1.